The molecule has 0 aliphatic carbocycles. The van der Waals surface area contributed by atoms with Gasteiger partial charge in [0.25, 0.3) is 0 Å². The van der Waals surface area contributed by atoms with Crippen molar-refractivity contribution in [3.63, 3.8) is 0 Å². The van der Waals surface area contributed by atoms with Crippen LogP contribution >= 0.6 is 0 Å². The first-order chi connectivity index (χ1) is 12.0. The zero-order valence-corrected chi connectivity index (χ0v) is 16.3. The van der Waals surface area contributed by atoms with Crippen LogP contribution in [0.5, 0.6) is 0 Å². The molecule has 0 bridgehead atoms. The summed E-state index contributed by atoms with van der Waals surface area (Å²) in [5.74, 6) is -1.22. The van der Waals surface area contributed by atoms with Gasteiger partial charge >= 0.3 is 6.09 Å². The summed E-state index contributed by atoms with van der Waals surface area (Å²) in [6, 6.07) is -2.22. The maximum atomic E-state index is 12.5. The minimum atomic E-state index is -0.837. The van der Waals surface area contributed by atoms with Crippen LogP contribution in [-0.4, -0.2) is 66.0 Å². The first-order valence-corrected chi connectivity index (χ1v) is 8.78. The molecule has 1 saturated heterocycles. The van der Waals surface area contributed by atoms with E-state index in [4.69, 9.17) is 4.74 Å². The zero-order chi connectivity index (χ0) is 20.1. The highest BCUT2D eigenvalue weighted by Crippen LogP contribution is 2.21. The standard InChI is InChI=1S/C17H30N4O5/c1-10(13(22)18-6)19-14(23)11(2)20-15(24)12-8-7-9-21(12)16(25)26-17(3,4)5/h10-12H,7-9H2,1-6H3,(H,18,22)(H,19,23)(H,20,24)/t10-,11+,12-/m0/s1. The number of hydrogen-bond acceptors (Lipinski definition) is 5. The summed E-state index contributed by atoms with van der Waals surface area (Å²) in [6.07, 6.45) is 0.653. The summed E-state index contributed by atoms with van der Waals surface area (Å²) < 4.78 is 5.33. The van der Waals surface area contributed by atoms with Gasteiger partial charge in [-0.05, 0) is 47.5 Å². The van der Waals surface area contributed by atoms with E-state index in [-0.39, 0.29) is 5.91 Å². The Kier molecular flexibility index (Phi) is 7.41. The molecule has 0 aromatic heterocycles. The monoisotopic (exact) mass is 370 g/mol. The lowest BCUT2D eigenvalue weighted by Crippen LogP contribution is -2.54. The summed E-state index contributed by atoms with van der Waals surface area (Å²) in [6.45, 7) is 8.78. The van der Waals surface area contributed by atoms with E-state index in [1.54, 1.807) is 27.7 Å². The van der Waals surface area contributed by atoms with E-state index in [1.807, 2.05) is 0 Å². The van der Waals surface area contributed by atoms with Crippen LogP contribution in [0.1, 0.15) is 47.5 Å². The second-order valence-electron chi connectivity index (χ2n) is 7.41. The molecule has 3 N–H and O–H groups in total. The second-order valence-corrected chi connectivity index (χ2v) is 7.41. The van der Waals surface area contributed by atoms with Crippen molar-refractivity contribution in [1.82, 2.24) is 20.9 Å². The topological polar surface area (TPSA) is 117 Å². The third kappa shape index (κ3) is 6.20. The molecule has 0 radical (unpaired) electrons. The van der Waals surface area contributed by atoms with Crippen LogP contribution < -0.4 is 16.0 Å². The molecule has 0 aromatic rings. The van der Waals surface area contributed by atoms with Crippen molar-refractivity contribution in [3.8, 4) is 0 Å². The highest BCUT2D eigenvalue weighted by Gasteiger charge is 2.37. The van der Waals surface area contributed by atoms with Gasteiger partial charge in [-0.15, -0.1) is 0 Å². The van der Waals surface area contributed by atoms with Gasteiger partial charge in [0.15, 0.2) is 0 Å². The lowest BCUT2D eigenvalue weighted by Gasteiger charge is -2.28. The van der Waals surface area contributed by atoms with Gasteiger partial charge in [-0.3, -0.25) is 19.3 Å². The van der Waals surface area contributed by atoms with E-state index in [9.17, 15) is 19.2 Å². The van der Waals surface area contributed by atoms with Gasteiger partial charge in [-0.2, -0.15) is 0 Å². The molecule has 3 atom stereocenters. The van der Waals surface area contributed by atoms with Crippen LogP contribution in [0.2, 0.25) is 0 Å². The van der Waals surface area contributed by atoms with Crippen LogP contribution in [0.4, 0.5) is 4.79 Å². The van der Waals surface area contributed by atoms with Crippen LogP contribution in [-0.2, 0) is 19.1 Å². The van der Waals surface area contributed by atoms with Gasteiger partial charge in [0, 0.05) is 13.6 Å². The lowest BCUT2D eigenvalue weighted by molar-refractivity contribution is -0.132. The molecule has 148 valence electrons. The summed E-state index contributed by atoms with van der Waals surface area (Å²) >= 11 is 0. The SMILES string of the molecule is CNC(=O)[C@H](C)NC(=O)[C@@H](C)NC(=O)[C@@H]1CCCN1C(=O)OC(C)(C)C. The third-order valence-corrected chi connectivity index (χ3v) is 3.93. The number of rotatable bonds is 5. The van der Waals surface area contributed by atoms with Crippen molar-refractivity contribution >= 4 is 23.8 Å². The second kappa shape index (κ2) is 8.86. The molecular formula is C17H30N4O5. The number of carbonyl (C=O) groups excluding carboxylic acids is 4. The molecule has 0 aromatic carbocycles. The molecule has 0 spiro atoms. The van der Waals surface area contributed by atoms with Crippen molar-refractivity contribution in [2.45, 2.75) is 71.2 Å². The minimum Gasteiger partial charge on any atom is -0.444 e. The van der Waals surface area contributed by atoms with Crippen LogP contribution in [0.15, 0.2) is 0 Å². The van der Waals surface area contributed by atoms with E-state index in [0.717, 1.165) is 0 Å². The van der Waals surface area contributed by atoms with Crippen LogP contribution in [0.25, 0.3) is 0 Å². The quantitative estimate of drug-likeness (QED) is 0.636. The van der Waals surface area contributed by atoms with Crippen molar-refractivity contribution in [2.75, 3.05) is 13.6 Å². The number of amides is 4. The first kappa shape index (κ1) is 21.7. The van der Waals surface area contributed by atoms with Crippen molar-refractivity contribution < 1.29 is 23.9 Å². The average Bonchev–Trinajstić information content (AvgIpc) is 3.01. The maximum absolute atomic E-state index is 12.5. The molecule has 26 heavy (non-hydrogen) atoms. The van der Waals surface area contributed by atoms with Gasteiger partial charge in [-0.25, -0.2) is 4.79 Å². The Morgan fingerprint density at radius 3 is 2.15 bits per heavy atom. The zero-order valence-electron chi connectivity index (χ0n) is 16.3. The van der Waals surface area contributed by atoms with Crippen molar-refractivity contribution in [3.05, 3.63) is 0 Å². The number of carbonyl (C=O) groups is 4. The number of likely N-dealkylation sites (tertiary alicyclic amines) is 1. The van der Waals surface area contributed by atoms with Crippen molar-refractivity contribution in [2.24, 2.45) is 0 Å². The number of hydrogen-bond donors (Lipinski definition) is 3. The Balaban J connectivity index is 2.63. The molecule has 1 fully saturated rings. The van der Waals surface area contributed by atoms with Crippen LogP contribution in [0, 0.1) is 0 Å². The highest BCUT2D eigenvalue weighted by atomic mass is 16.6. The fraction of sp³-hybridized carbons (Fsp3) is 0.765. The number of ether oxygens (including phenoxy) is 1. The first-order valence-electron chi connectivity index (χ1n) is 8.78. The Morgan fingerprint density at radius 1 is 1.04 bits per heavy atom. The number of nitrogens with one attached hydrogen (secondary N) is 3. The van der Waals surface area contributed by atoms with Gasteiger partial charge in [0.2, 0.25) is 17.7 Å². The summed E-state index contributed by atoms with van der Waals surface area (Å²) in [5.41, 5.74) is -0.649. The van der Waals surface area contributed by atoms with Gasteiger partial charge in [0.05, 0.1) is 0 Å². The number of nitrogens with zero attached hydrogens (tertiary/aromatic N) is 1. The molecule has 0 unspecified atom stereocenters. The Morgan fingerprint density at radius 2 is 1.62 bits per heavy atom. The minimum absolute atomic E-state index is 0.330. The van der Waals surface area contributed by atoms with E-state index >= 15 is 0 Å². The highest BCUT2D eigenvalue weighted by molar-refractivity contribution is 5.93. The van der Waals surface area contributed by atoms with Gasteiger partial charge < -0.3 is 20.7 Å². The fourth-order valence-corrected chi connectivity index (χ4v) is 2.57. The Bertz CT molecular complexity index is 558. The lowest BCUT2D eigenvalue weighted by atomic mass is 10.2. The predicted molar refractivity (Wildman–Crippen MR) is 95.2 cm³/mol. The summed E-state index contributed by atoms with van der Waals surface area (Å²) in [5, 5.41) is 7.55. The molecule has 0 saturated carbocycles. The van der Waals surface area contributed by atoms with Gasteiger partial charge in [-0.1, -0.05) is 0 Å². The Labute approximate surface area is 154 Å². The van der Waals surface area contributed by atoms with E-state index in [2.05, 4.69) is 16.0 Å². The molecule has 1 heterocycles. The molecule has 4 amide bonds. The smallest absolute Gasteiger partial charge is 0.410 e. The molecule has 9 heteroatoms. The molecule has 1 rings (SSSR count). The van der Waals surface area contributed by atoms with Crippen LogP contribution in [0.3, 0.4) is 0 Å². The molecule has 1 aliphatic heterocycles. The fourth-order valence-electron chi connectivity index (χ4n) is 2.57. The molecular weight excluding hydrogens is 340 g/mol. The summed E-state index contributed by atoms with van der Waals surface area (Å²) in [7, 11) is 1.47. The van der Waals surface area contributed by atoms with Crippen molar-refractivity contribution in [1.29, 1.82) is 0 Å². The Hall–Kier alpha value is -2.32. The summed E-state index contributed by atoms with van der Waals surface area (Å²) in [4.78, 5) is 49.7. The average molecular weight is 370 g/mol. The maximum Gasteiger partial charge on any atom is 0.410 e. The normalized spacial score (nSPS) is 19.3. The van der Waals surface area contributed by atoms with E-state index in [0.29, 0.717) is 19.4 Å². The van der Waals surface area contributed by atoms with Gasteiger partial charge in [0.1, 0.15) is 23.7 Å². The van der Waals surface area contributed by atoms with E-state index < -0.39 is 41.6 Å². The number of likely N-dealkylation sites (N-methyl/N-ethyl adjacent to an activating group) is 1. The predicted octanol–water partition coefficient (Wildman–Crippen LogP) is 0.141. The largest absolute Gasteiger partial charge is 0.444 e. The molecule has 9 nitrogen and oxygen atoms in total. The molecule has 1 aliphatic rings. The third-order valence-electron chi connectivity index (χ3n) is 3.93. The van der Waals surface area contributed by atoms with E-state index in [1.165, 1.54) is 18.9 Å².